The van der Waals surface area contributed by atoms with Crippen molar-refractivity contribution in [2.24, 2.45) is 0 Å². The van der Waals surface area contributed by atoms with Crippen molar-refractivity contribution in [2.75, 3.05) is 10.6 Å². The molecule has 1 aromatic carbocycles. The molecule has 0 aliphatic rings. The zero-order chi connectivity index (χ0) is 13.8. The highest BCUT2D eigenvalue weighted by atomic mass is 79.9. The van der Waals surface area contributed by atoms with Gasteiger partial charge in [-0.1, -0.05) is 6.07 Å². The molecule has 0 aliphatic heterocycles. The summed E-state index contributed by atoms with van der Waals surface area (Å²) in [7, 11) is 0. The van der Waals surface area contributed by atoms with Crippen LogP contribution in [-0.2, 0) is 4.79 Å². The summed E-state index contributed by atoms with van der Waals surface area (Å²) in [5.41, 5.74) is 1.28. The summed E-state index contributed by atoms with van der Waals surface area (Å²) in [6.45, 7) is 1.44. The van der Waals surface area contributed by atoms with Crippen molar-refractivity contribution in [3.05, 3.63) is 45.1 Å². The lowest BCUT2D eigenvalue weighted by Gasteiger charge is -2.07. The van der Waals surface area contributed by atoms with Crippen molar-refractivity contribution >= 4 is 50.5 Å². The zero-order valence-corrected chi connectivity index (χ0v) is 12.5. The van der Waals surface area contributed by atoms with Crippen LogP contribution in [0, 0.1) is 0 Å². The molecule has 1 heterocycles. The first-order valence-electron chi connectivity index (χ1n) is 5.48. The smallest absolute Gasteiger partial charge is 0.266 e. The number of nitrogens with one attached hydrogen (secondary N) is 2. The van der Waals surface area contributed by atoms with E-state index >= 15 is 0 Å². The summed E-state index contributed by atoms with van der Waals surface area (Å²) < 4.78 is 0.771. The Morgan fingerprint density at radius 1 is 1.16 bits per heavy atom. The van der Waals surface area contributed by atoms with Gasteiger partial charge in [0.25, 0.3) is 5.91 Å². The molecule has 0 saturated carbocycles. The Bertz CT molecular complexity index is 625. The molecule has 4 nitrogen and oxygen atoms in total. The molecule has 0 fully saturated rings. The van der Waals surface area contributed by atoms with Gasteiger partial charge in [-0.05, 0) is 45.6 Å². The summed E-state index contributed by atoms with van der Waals surface area (Å²) >= 11 is 4.68. The first-order chi connectivity index (χ1) is 9.06. The van der Waals surface area contributed by atoms with Gasteiger partial charge in [0.1, 0.15) is 4.88 Å². The van der Waals surface area contributed by atoms with Crippen LogP contribution in [0.15, 0.2) is 40.2 Å². The standard InChI is InChI=1S/C13H11BrN2O2S/c1-8(17)15-9-3-2-4-10(7-9)16-13(18)12-11(14)5-6-19-12/h2-7H,1H3,(H,15,17)(H,16,18). The second-order valence-corrected chi connectivity index (χ2v) is 5.58. The van der Waals surface area contributed by atoms with Crippen LogP contribution in [0.1, 0.15) is 16.6 Å². The number of benzene rings is 1. The quantitative estimate of drug-likeness (QED) is 0.895. The van der Waals surface area contributed by atoms with Crippen molar-refractivity contribution in [1.82, 2.24) is 0 Å². The minimum Gasteiger partial charge on any atom is -0.326 e. The average molecular weight is 339 g/mol. The Balaban J connectivity index is 2.13. The maximum atomic E-state index is 12.0. The van der Waals surface area contributed by atoms with Gasteiger partial charge in [0.05, 0.1) is 0 Å². The molecular weight excluding hydrogens is 328 g/mol. The predicted molar refractivity (Wildman–Crippen MR) is 80.7 cm³/mol. The molecule has 19 heavy (non-hydrogen) atoms. The second kappa shape index (κ2) is 5.99. The maximum absolute atomic E-state index is 12.0. The minimum atomic E-state index is -0.179. The summed E-state index contributed by atoms with van der Waals surface area (Å²) in [5, 5.41) is 7.30. The number of thiophene rings is 1. The third kappa shape index (κ3) is 3.65. The van der Waals surface area contributed by atoms with Gasteiger partial charge in [-0.25, -0.2) is 0 Å². The predicted octanol–water partition coefficient (Wildman–Crippen LogP) is 3.72. The Morgan fingerprint density at radius 2 is 1.84 bits per heavy atom. The van der Waals surface area contributed by atoms with Crippen LogP contribution in [0.4, 0.5) is 11.4 Å². The number of amides is 2. The van der Waals surface area contributed by atoms with E-state index in [2.05, 4.69) is 26.6 Å². The van der Waals surface area contributed by atoms with Gasteiger partial charge in [-0.15, -0.1) is 11.3 Å². The first kappa shape index (κ1) is 13.8. The zero-order valence-electron chi connectivity index (χ0n) is 10.1. The van der Waals surface area contributed by atoms with Crippen molar-refractivity contribution in [3.8, 4) is 0 Å². The molecule has 2 amide bonds. The molecule has 2 aromatic rings. The molecule has 0 radical (unpaired) electrons. The van der Waals surface area contributed by atoms with Crippen LogP contribution >= 0.6 is 27.3 Å². The third-order valence-corrected chi connectivity index (χ3v) is 4.10. The minimum absolute atomic E-state index is 0.149. The van der Waals surface area contributed by atoms with E-state index in [9.17, 15) is 9.59 Å². The van der Waals surface area contributed by atoms with E-state index < -0.39 is 0 Å². The van der Waals surface area contributed by atoms with Gasteiger partial charge in [-0.2, -0.15) is 0 Å². The molecule has 2 N–H and O–H groups in total. The van der Waals surface area contributed by atoms with Crippen LogP contribution in [0.2, 0.25) is 0 Å². The van der Waals surface area contributed by atoms with Gasteiger partial charge in [0.15, 0.2) is 0 Å². The molecular formula is C13H11BrN2O2S. The highest BCUT2D eigenvalue weighted by molar-refractivity contribution is 9.10. The molecule has 1 aromatic heterocycles. The fraction of sp³-hybridized carbons (Fsp3) is 0.0769. The topological polar surface area (TPSA) is 58.2 Å². The molecule has 0 spiro atoms. The number of carbonyl (C=O) groups is 2. The monoisotopic (exact) mass is 338 g/mol. The summed E-state index contributed by atoms with van der Waals surface area (Å²) in [4.78, 5) is 23.6. The lowest BCUT2D eigenvalue weighted by molar-refractivity contribution is -0.114. The lowest BCUT2D eigenvalue weighted by atomic mass is 10.2. The molecule has 0 atom stereocenters. The largest absolute Gasteiger partial charge is 0.326 e. The first-order valence-corrected chi connectivity index (χ1v) is 7.15. The van der Waals surface area contributed by atoms with Gasteiger partial charge in [0, 0.05) is 22.8 Å². The van der Waals surface area contributed by atoms with Crippen LogP contribution in [0.5, 0.6) is 0 Å². The van der Waals surface area contributed by atoms with Gasteiger partial charge in [-0.3, -0.25) is 9.59 Å². The number of hydrogen-bond acceptors (Lipinski definition) is 3. The Kier molecular flexibility index (Phi) is 4.34. The van der Waals surface area contributed by atoms with Crippen molar-refractivity contribution in [1.29, 1.82) is 0 Å². The molecule has 0 saturated heterocycles. The Hall–Kier alpha value is -1.66. The summed E-state index contributed by atoms with van der Waals surface area (Å²) in [6, 6.07) is 8.83. The maximum Gasteiger partial charge on any atom is 0.266 e. The van der Waals surface area contributed by atoms with E-state index in [0.717, 1.165) is 4.47 Å². The molecule has 0 unspecified atom stereocenters. The van der Waals surface area contributed by atoms with E-state index in [0.29, 0.717) is 16.3 Å². The Morgan fingerprint density at radius 3 is 2.42 bits per heavy atom. The van der Waals surface area contributed by atoms with E-state index in [1.54, 1.807) is 24.3 Å². The van der Waals surface area contributed by atoms with Crippen molar-refractivity contribution in [2.45, 2.75) is 6.92 Å². The third-order valence-electron chi connectivity index (χ3n) is 2.26. The summed E-state index contributed by atoms with van der Waals surface area (Å²) in [5.74, 6) is -0.327. The fourth-order valence-electron chi connectivity index (χ4n) is 1.52. The fourth-order valence-corrected chi connectivity index (χ4v) is 2.97. The van der Waals surface area contributed by atoms with Gasteiger partial charge >= 0.3 is 0 Å². The SMILES string of the molecule is CC(=O)Nc1cccc(NC(=O)c2sccc2Br)c1. The molecule has 98 valence electrons. The summed E-state index contributed by atoms with van der Waals surface area (Å²) in [6.07, 6.45) is 0. The van der Waals surface area contributed by atoms with Crippen LogP contribution in [0.3, 0.4) is 0 Å². The highest BCUT2D eigenvalue weighted by Crippen LogP contribution is 2.24. The number of hydrogen-bond donors (Lipinski definition) is 2. The van der Waals surface area contributed by atoms with E-state index in [1.807, 2.05) is 11.4 Å². The molecule has 0 bridgehead atoms. The molecule has 0 aliphatic carbocycles. The van der Waals surface area contributed by atoms with Crippen LogP contribution < -0.4 is 10.6 Å². The Labute approximate surface area is 123 Å². The van der Waals surface area contributed by atoms with Crippen molar-refractivity contribution in [3.63, 3.8) is 0 Å². The van der Waals surface area contributed by atoms with E-state index in [1.165, 1.54) is 18.3 Å². The number of halogens is 1. The van der Waals surface area contributed by atoms with E-state index in [-0.39, 0.29) is 11.8 Å². The van der Waals surface area contributed by atoms with Gasteiger partial charge < -0.3 is 10.6 Å². The normalized spacial score (nSPS) is 10.0. The molecule has 6 heteroatoms. The number of rotatable bonds is 3. The molecule has 2 rings (SSSR count). The highest BCUT2D eigenvalue weighted by Gasteiger charge is 2.11. The lowest BCUT2D eigenvalue weighted by Crippen LogP contribution is -2.11. The number of carbonyl (C=O) groups excluding carboxylic acids is 2. The van der Waals surface area contributed by atoms with Crippen LogP contribution in [0.25, 0.3) is 0 Å². The van der Waals surface area contributed by atoms with E-state index in [4.69, 9.17) is 0 Å². The second-order valence-electron chi connectivity index (χ2n) is 3.81. The van der Waals surface area contributed by atoms with Gasteiger partial charge in [0.2, 0.25) is 5.91 Å². The van der Waals surface area contributed by atoms with Crippen molar-refractivity contribution < 1.29 is 9.59 Å². The average Bonchev–Trinajstić information content (AvgIpc) is 2.75. The van der Waals surface area contributed by atoms with Crippen LogP contribution in [-0.4, -0.2) is 11.8 Å². The number of anilines is 2.